The molecule has 10 nitrogen and oxygen atoms in total. The van der Waals surface area contributed by atoms with E-state index in [2.05, 4.69) is 16.9 Å². The summed E-state index contributed by atoms with van der Waals surface area (Å²) in [6.07, 6.45) is 16.3. The van der Waals surface area contributed by atoms with Crippen molar-refractivity contribution in [1.82, 2.24) is 24.0 Å². The maximum atomic E-state index is 13.4. The van der Waals surface area contributed by atoms with Crippen molar-refractivity contribution in [2.75, 3.05) is 13.6 Å². The lowest BCUT2D eigenvalue weighted by Crippen LogP contribution is -2.34. The number of hydrogen-bond donors (Lipinski definition) is 0. The largest absolute Gasteiger partial charge is 0.548 e. The van der Waals surface area contributed by atoms with E-state index < -0.39 is 23.8 Å². The number of nitrogens with zero attached hydrogens (tertiary/aromatic N) is 5. The summed E-state index contributed by atoms with van der Waals surface area (Å²) in [4.78, 5) is 58.9. The predicted octanol–water partition coefficient (Wildman–Crippen LogP) is 3.95. The van der Waals surface area contributed by atoms with Gasteiger partial charge in [0.25, 0.3) is 5.56 Å². The first-order valence-corrected chi connectivity index (χ1v) is 16.6. The molecule has 0 saturated heterocycles. The highest BCUT2D eigenvalue weighted by Gasteiger charge is 2.16. The number of carbonyl (C=O) groups excluding carboxylic acids is 2. The number of thioether (sulfide) groups is 1. The fraction of sp³-hybridized carbons (Fsp3) is 0.515. The van der Waals surface area contributed by atoms with Gasteiger partial charge < -0.3 is 19.4 Å². The number of rotatable bonds is 20. The quantitative estimate of drug-likeness (QED) is 0.103. The monoisotopic (exact) mass is 640 g/mol. The van der Waals surface area contributed by atoms with Crippen molar-refractivity contribution in [3.8, 4) is 0 Å². The SMILES string of the molecule is CCCCCCCCCCCCN(C)C(=O)Cn1cc(Cc2cnc(=O)n(CC(=O)[O-])c2)c(=O)nc1SCc1ccc(F)cc1. The molecule has 1 aromatic carbocycles. The number of halogens is 1. The van der Waals surface area contributed by atoms with E-state index >= 15 is 0 Å². The molecule has 244 valence electrons. The Morgan fingerprint density at radius 2 is 1.53 bits per heavy atom. The third kappa shape index (κ3) is 12.6. The van der Waals surface area contributed by atoms with Gasteiger partial charge in [-0.15, -0.1) is 0 Å². The third-order valence-corrected chi connectivity index (χ3v) is 8.55. The second kappa shape index (κ2) is 18.9. The molecule has 1 amide bonds. The number of unbranched alkanes of at least 4 members (excludes halogenated alkanes) is 9. The highest BCUT2D eigenvalue weighted by molar-refractivity contribution is 7.98. The number of carbonyl (C=O) groups is 2. The number of aliphatic carboxylic acids is 1. The van der Waals surface area contributed by atoms with Crippen LogP contribution in [0.25, 0.3) is 0 Å². The molecular formula is C33H43FN5O5S-. The summed E-state index contributed by atoms with van der Waals surface area (Å²) in [7, 11) is 1.77. The second-order valence-electron chi connectivity index (χ2n) is 11.3. The van der Waals surface area contributed by atoms with Gasteiger partial charge in [-0.2, -0.15) is 4.98 Å². The van der Waals surface area contributed by atoms with Crippen LogP contribution in [0.3, 0.4) is 0 Å². The molecular weight excluding hydrogens is 597 g/mol. The van der Waals surface area contributed by atoms with Crippen LogP contribution in [0.5, 0.6) is 0 Å². The van der Waals surface area contributed by atoms with Crippen molar-refractivity contribution in [3.05, 3.63) is 86.2 Å². The first-order valence-electron chi connectivity index (χ1n) is 15.6. The molecule has 0 aliphatic heterocycles. The Morgan fingerprint density at radius 3 is 2.18 bits per heavy atom. The van der Waals surface area contributed by atoms with Crippen LogP contribution in [0.4, 0.5) is 4.39 Å². The van der Waals surface area contributed by atoms with Crippen LogP contribution in [0.2, 0.25) is 0 Å². The Kier molecular flexibility index (Phi) is 15.0. The molecule has 45 heavy (non-hydrogen) atoms. The van der Waals surface area contributed by atoms with Crippen LogP contribution in [0.15, 0.2) is 57.6 Å². The Balaban J connectivity index is 1.68. The van der Waals surface area contributed by atoms with E-state index in [0.717, 1.165) is 29.4 Å². The summed E-state index contributed by atoms with van der Waals surface area (Å²) in [5, 5.41) is 11.4. The van der Waals surface area contributed by atoms with Crippen LogP contribution in [0.1, 0.15) is 87.8 Å². The Labute approximate surface area is 267 Å². The number of carboxylic acid groups (broad SMARTS) is 1. The highest BCUT2D eigenvalue weighted by Crippen LogP contribution is 2.21. The lowest BCUT2D eigenvalue weighted by molar-refractivity contribution is -0.306. The molecule has 0 radical (unpaired) electrons. The standard InChI is InChI=1S/C33H44FN5O5S/c1-3-4-5-6-7-8-9-10-11-12-17-37(2)29(40)22-39-21-27(18-26-19-35-32(44)38(20-26)23-30(41)42)31(43)36-33(39)45-24-25-13-15-28(34)16-14-25/h13-16,19-21H,3-12,17-18,22-24H2,1-2H3,(H,41,42)/p-1. The van der Waals surface area contributed by atoms with Crippen molar-refractivity contribution in [2.24, 2.45) is 0 Å². The molecule has 12 heteroatoms. The van der Waals surface area contributed by atoms with E-state index in [9.17, 15) is 28.7 Å². The van der Waals surface area contributed by atoms with Gasteiger partial charge in [0.15, 0.2) is 5.16 Å². The van der Waals surface area contributed by atoms with Crippen LogP contribution in [-0.4, -0.2) is 49.5 Å². The van der Waals surface area contributed by atoms with Gasteiger partial charge in [0.1, 0.15) is 12.4 Å². The molecule has 0 aliphatic rings. The highest BCUT2D eigenvalue weighted by atomic mass is 32.2. The number of likely N-dealkylation sites (N-methyl/N-ethyl adjacent to an activating group) is 1. The number of hydrogen-bond acceptors (Lipinski definition) is 8. The van der Waals surface area contributed by atoms with Gasteiger partial charge in [-0.05, 0) is 29.7 Å². The number of benzene rings is 1. The Morgan fingerprint density at radius 1 is 0.889 bits per heavy atom. The average molecular weight is 641 g/mol. The van der Waals surface area contributed by atoms with Crippen molar-refractivity contribution in [2.45, 2.75) is 102 Å². The molecule has 0 unspecified atom stereocenters. The van der Waals surface area contributed by atoms with Crippen molar-refractivity contribution >= 4 is 23.6 Å². The number of amides is 1. The van der Waals surface area contributed by atoms with E-state index in [4.69, 9.17) is 0 Å². The Hall–Kier alpha value is -3.80. The van der Waals surface area contributed by atoms with E-state index in [1.165, 1.54) is 81.2 Å². The van der Waals surface area contributed by atoms with Gasteiger partial charge in [0.05, 0.1) is 12.5 Å². The van der Waals surface area contributed by atoms with Crippen LogP contribution in [-0.2, 0) is 34.9 Å². The normalized spacial score (nSPS) is 11.1. The van der Waals surface area contributed by atoms with Gasteiger partial charge >= 0.3 is 5.69 Å². The lowest BCUT2D eigenvalue weighted by Gasteiger charge is -2.20. The first-order chi connectivity index (χ1) is 21.7. The van der Waals surface area contributed by atoms with Crippen molar-refractivity contribution in [3.63, 3.8) is 0 Å². The summed E-state index contributed by atoms with van der Waals surface area (Å²) < 4.78 is 15.9. The summed E-state index contributed by atoms with van der Waals surface area (Å²) in [6, 6.07) is 6.03. The molecule has 3 rings (SSSR count). The first kappa shape index (κ1) is 35.7. The number of aromatic nitrogens is 4. The topological polar surface area (TPSA) is 130 Å². The zero-order chi connectivity index (χ0) is 32.6. The van der Waals surface area contributed by atoms with Gasteiger partial charge in [0, 0.05) is 49.9 Å². The molecule has 0 aliphatic carbocycles. The van der Waals surface area contributed by atoms with Crippen LogP contribution >= 0.6 is 11.8 Å². The molecule has 0 bridgehead atoms. The van der Waals surface area contributed by atoms with Crippen molar-refractivity contribution < 1.29 is 19.1 Å². The smallest absolute Gasteiger partial charge is 0.347 e. The maximum absolute atomic E-state index is 13.4. The predicted molar refractivity (Wildman–Crippen MR) is 170 cm³/mol. The molecule has 0 atom stereocenters. The van der Waals surface area contributed by atoms with E-state index in [1.54, 1.807) is 34.8 Å². The lowest BCUT2D eigenvalue weighted by atomic mass is 10.1. The fourth-order valence-corrected chi connectivity index (χ4v) is 5.81. The minimum atomic E-state index is -1.44. The zero-order valence-corrected chi connectivity index (χ0v) is 27.0. The summed E-state index contributed by atoms with van der Waals surface area (Å²) in [5.41, 5.74) is 0.250. The van der Waals surface area contributed by atoms with Crippen LogP contribution in [0, 0.1) is 5.82 Å². The molecule has 2 heterocycles. The molecule has 0 spiro atoms. The van der Waals surface area contributed by atoms with E-state index in [1.807, 2.05) is 0 Å². The Bertz CT molecular complexity index is 1510. The third-order valence-electron chi connectivity index (χ3n) is 7.49. The minimum Gasteiger partial charge on any atom is -0.548 e. The van der Waals surface area contributed by atoms with E-state index in [0.29, 0.717) is 23.0 Å². The average Bonchev–Trinajstić information content (AvgIpc) is 3.00. The number of carboxylic acids is 1. The zero-order valence-electron chi connectivity index (χ0n) is 26.2. The molecule has 3 aromatic rings. The van der Waals surface area contributed by atoms with Gasteiger partial charge in [-0.25, -0.2) is 14.2 Å². The second-order valence-corrected chi connectivity index (χ2v) is 12.3. The molecule has 0 saturated carbocycles. The fourth-order valence-electron chi connectivity index (χ4n) is 4.89. The van der Waals surface area contributed by atoms with E-state index in [-0.39, 0.29) is 30.3 Å². The van der Waals surface area contributed by atoms with Gasteiger partial charge in [-0.1, -0.05) is 88.6 Å². The van der Waals surface area contributed by atoms with Gasteiger partial charge in [0.2, 0.25) is 5.91 Å². The minimum absolute atomic E-state index is 0.0255. The van der Waals surface area contributed by atoms with Crippen molar-refractivity contribution in [1.29, 1.82) is 0 Å². The molecule has 2 aromatic heterocycles. The maximum Gasteiger partial charge on any atom is 0.347 e. The molecule has 0 N–H and O–H groups in total. The summed E-state index contributed by atoms with van der Waals surface area (Å²) in [5.74, 6) is -1.51. The summed E-state index contributed by atoms with van der Waals surface area (Å²) in [6.45, 7) is 2.14. The van der Waals surface area contributed by atoms with Crippen LogP contribution < -0.4 is 16.4 Å². The molecule has 0 fully saturated rings. The summed E-state index contributed by atoms with van der Waals surface area (Å²) >= 11 is 1.26. The van der Waals surface area contributed by atoms with Gasteiger partial charge in [-0.3, -0.25) is 14.2 Å².